The topological polar surface area (TPSA) is 34.4 Å². The van der Waals surface area contributed by atoms with Gasteiger partial charge in [0.05, 0.1) is 18.6 Å². The fourth-order valence-electron chi connectivity index (χ4n) is 2.28. The number of ether oxygens (including phenoxy) is 1. The molecule has 1 fully saturated rings. The molecule has 1 saturated carbocycles. The lowest BCUT2D eigenvalue weighted by Crippen LogP contribution is -2.29. The summed E-state index contributed by atoms with van der Waals surface area (Å²) in [5.41, 5.74) is 1.22. The van der Waals surface area contributed by atoms with Crippen molar-refractivity contribution in [3.05, 3.63) is 24.2 Å². The zero-order chi connectivity index (χ0) is 10.7. The minimum absolute atomic E-state index is 0.365. The molecule has 2 rings (SSSR count). The number of methoxy groups -OCH3 is 1. The van der Waals surface area contributed by atoms with Crippen molar-refractivity contribution in [3.8, 4) is 0 Å². The van der Waals surface area contributed by atoms with Gasteiger partial charge in [0.15, 0.2) is 0 Å². The third-order valence-electron chi connectivity index (χ3n) is 3.25. The normalized spacial score (nSPS) is 28.1. The molecule has 1 heterocycles. The average Bonchev–Trinajstić information content (AvgIpc) is 2.87. The molecule has 1 aromatic rings. The first-order valence-corrected chi connectivity index (χ1v) is 5.60. The number of rotatable bonds is 4. The van der Waals surface area contributed by atoms with Crippen LogP contribution in [0.5, 0.6) is 0 Å². The zero-order valence-electron chi connectivity index (χ0n) is 9.40. The van der Waals surface area contributed by atoms with Crippen molar-refractivity contribution in [1.29, 1.82) is 0 Å². The highest BCUT2D eigenvalue weighted by Crippen LogP contribution is 2.24. The summed E-state index contributed by atoms with van der Waals surface area (Å²) in [5, 5.41) is 3.61. The average molecular weight is 209 g/mol. The molecule has 1 N–H and O–H groups in total. The Labute approximate surface area is 90.8 Å². The molecule has 1 aliphatic carbocycles. The zero-order valence-corrected chi connectivity index (χ0v) is 9.40. The molecule has 3 unspecified atom stereocenters. The van der Waals surface area contributed by atoms with Gasteiger partial charge < -0.3 is 14.5 Å². The lowest BCUT2D eigenvalue weighted by atomic mass is 10.1. The molecule has 3 nitrogen and oxygen atoms in total. The molecule has 0 radical (unpaired) electrons. The molecule has 3 atom stereocenters. The Hall–Kier alpha value is -0.800. The Morgan fingerprint density at radius 3 is 3.00 bits per heavy atom. The van der Waals surface area contributed by atoms with Crippen molar-refractivity contribution in [2.75, 3.05) is 7.11 Å². The number of nitrogens with one attached hydrogen (secondary N) is 1. The molecule has 0 saturated heterocycles. The van der Waals surface area contributed by atoms with E-state index in [2.05, 4.69) is 12.2 Å². The molecule has 0 aliphatic heterocycles. The minimum atomic E-state index is 0.365. The smallest absolute Gasteiger partial charge is 0.0950 e. The van der Waals surface area contributed by atoms with E-state index in [0.717, 1.165) is 6.42 Å². The summed E-state index contributed by atoms with van der Waals surface area (Å²) < 4.78 is 10.4. The van der Waals surface area contributed by atoms with Crippen LogP contribution in [0.2, 0.25) is 0 Å². The molecule has 84 valence electrons. The van der Waals surface area contributed by atoms with Crippen molar-refractivity contribution in [2.45, 2.75) is 44.4 Å². The second-order valence-electron chi connectivity index (χ2n) is 4.31. The minimum Gasteiger partial charge on any atom is -0.472 e. The highest BCUT2D eigenvalue weighted by Gasteiger charge is 2.25. The van der Waals surface area contributed by atoms with Gasteiger partial charge in [-0.3, -0.25) is 0 Å². The summed E-state index contributed by atoms with van der Waals surface area (Å²) in [7, 11) is 1.80. The van der Waals surface area contributed by atoms with E-state index in [9.17, 15) is 0 Å². The summed E-state index contributed by atoms with van der Waals surface area (Å²) in [6, 6.07) is 2.96. The third kappa shape index (κ3) is 2.61. The fourth-order valence-corrected chi connectivity index (χ4v) is 2.28. The van der Waals surface area contributed by atoms with Crippen LogP contribution in [0.1, 0.15) is 37.8 Å². The van der Waals surface area contributed by atoms with E-state index in [4.69, 9.17) is 9.15 Å². The van der Waals surface area contributed by atoms with Gasteiger partial charge in [-0.1, -0.05) is 0 Å². The summed E-state index contributed by atoms with van der Waals surface area (Å²) >= 11 is 0. The molecule has 15 heavy (non-hydrogen) atoms. The van der Waals surface area contributed by atoms with Crippen LogP contribution in [0, 0.1) is 0 Å². The lowest BCUT2D eigenvalue weighted by Gasteiger charge is -2.18. The van der Waals surface area contributed by atoms with Crippen molar-refractivity contribution >= 4 is 0 Å². The summed E-state index contributed by atoms with van der Waals surface area (Å²) in [6.07, 6.45) is 7.48. The van der Waals surface area contributed by atoms with E-state index in [0.29, 0.717) is 18.2 Å². The van der Waals surface area contributed by atoms with E-state index in [1.165, 1.54) is 18.4 Å². The third-order valence-corrected chi connectivity index (χ3v) is 3.25. The lowest BCUT2D eigenvalue weighted by molar-refractivity contribution is 0.106. The first-order valence-electron chi connectivity index (χ1n) is 5.60. The summed E-state index contributed by atoms with van der Waals surface area (Å²) in [6.45, 7) is 2.17. The first kappa shape index (κ1) is 10.7. The SMILES string of the molecule is COC1CCC(NC(C)c2ccoc2)C1. The molecule has 0 aromatic carbocycles. The Balaban J connectivity index is 1.83. The van der Waals surface area contributed by atoms with Gasteiger partial charge in [0.25, 0.3) is 0 Å². The van der Waals surface area contributed by atoms with E-state index < -0.39 is 0 Å². The number of hydrogen-bond acceptors (Lipinski definition) is 3. The quantitative estimate of drug-likeness (QED) is 0.827. The van der Waals surface area contributed by atoms with Crippen molar-refractivity contribution < 1.29 is 9.15 Å². The number of furan rings is 1. The second-order valence-corrected chi connectivity index (χ2v) is 4.31. The van der Waals surface area contributed by atoms with Gasteiger partial charge in [-0.2, -0.15) is 0 Å². The monoisotopic (exact) mass is 209 g/mol. The Morgan fingerprint density at radius 2 is 2.40 bits per heavy atom. The Kier molecular flexibility index (Phi) is 3.44. The van der Waals surface area contributed by atoms with Gasteiger partial charge in [0, 0.05) is 24.8 Å². The van der Waals surface area contributed by atoms with Crippen molar-refractivity contribution in [3.63, 3.8) is 0 Å². The molecule has 0 spiro atoms. The molecule has 1 aromatic heterocycles. The van der Waals surface area contributed by atoms with Crippen LogP contribution >= 0.6 is 0 Å². The largest absolute Gasteiger partial charge is 0.472 e. The van der Waals surface area contributed by atoms with E-state index in [-0.39, 0.29) is 0 Å². The van der Waals surface area contributed by atoms with Crippen molar-refractivity contribution in [2.24, 2.45) is 0 Å². The highest BCUT2D eigenvalue weighted by molar-refractivity contribution is 5.10. The van der Waals surface area contributed by atoms with E-state index in [1.54, 1.807) is 19.6 Å². The van der Waals surface area contributed by atoms with Crippen LogP contribution in [-0.2, 0) is 4.74 Å². The van der Waals surface area contributed by atoms with Gasteiger partial charge in [-0.15, -0.1) is 0 Å². The molecule has 0 amide bonds. The summed E-state index contributed by atoms with van der Waals surface area (Å²) in [5.74, 6) is 0. The maximum Gasteiger partial charge on any atom is 0.0950 e. The van der Waals surface area contributed by atoms with E-state index in [1.807, 2.05) is 6.07 Å². The Bertz CT molecular complexity index is 284. The predicted octanol–water partition coefficient (Wildman–Crippen LogP) is 2.50. The first-order chi connectivity index (χ1) is 7.29. The van der Waals surface area contributed by atoms with Gasteiger partial charge >= 0.3 is 0 Å². The maximum atomic E-state index is 5.36. The van der Waals surface area contributed by atoms with Crippen LogP contribution in [0.25, 0.3) is 0 Å². The van der Waals surface area contributed by atoms with Gasteiger partial charge in [-0.05, 0) is 32.3 Å². The van der Waals surface area contributed by atoms with Crippen LogP contribution < -0.4 is 5.32 Å². The van der Waals surface area contributed by atoms with Gasteiger partial charge in [-0.25, -0.2) is 0 Å². The predicted molar refractivity (Wildman–Crippen MR) is 58.7 cm³/mol. The van der Waals surface area contributed by atoms with Gasteiger partial charge in [0.2, 0.25) is 0 Å². The molecule has 3 heteroatoms. The van der Waals surface area contributed by atoms with Crippen molar-refractivity contribution in [1.82, 2.24) is 5.32 Å². The van der Waals surface area contributed by atoms with Crippen LogP contribution in [0.3, 0.4) is 0 Å². The highest BCUT2D eigenvalue weighted by atomic mass is 16.5. The fraction of sp³-hybridized carbons (Fsp3) is 0.667. The van der Waals surface area contributed by atoms with Crippen LogP contribution in [0.15, 0.2) is 23.0 Å². The molecular weight excluding hydrogens is 190 g/mol. The van der Waals surface area contributed by atoms with E-state index >= 15 is 0 Å². The molecule has 1 aliphatic rings. The maximum absolute atomic E-state index is 5.36. The molecule has 0 bridgehead atoms. The number of hydrogen-bond donors (Lipinski definition) is 1. The summed E-state index contributed by atoms with van der Waals surface area (Å²) in [4.78, 5) is 0. The van der Waals surface area contributed by atoms with Gasteiger partial charge in [0.1, 0.15) is 0 Å². The molecular formula is C12H19NO2. The second kappa shape index (κ2) is 4.81. The van der Waals surface area contributed by atoms with Crippen LogP contribution in [0.4, 0.5) is 0 Å². The van der Waals surface area contributed by atoms with Crippen LogP contribution in [-0.4, -0.2) is 19.3 Å². The Morgan fingerprint density at radius 1 is 1.53 bits per heavy atom. The standard InChI is InChI=1S/C12H19NO2/c1-9(10-5-6-15-8-10)13-11-3-4-12(7-11)14-2/h5-6,8-9,11-13H,3-4,7H2,1-2H3.